The number of aromatic nitrogens is 1. The SMILES string of the molecule is COc1c(/C(C)=C/C(=O)Nc2cc(C)ccn2)cc2c(-c3ccc(F)cc3)coc2c1C. The van der Waals surface area contributed by atoms with E-state index in [1.54, 1.807) is 37.8 Å². The van der Waals surface area contributed by atoms with Crippen LogP contribution in [0.2, 0.25) is 0 Å². The molecule has 0 saturated carbocycles. The lowest BCUT2D eigenvalue weighted by Crippen LogP contribution is -2.10. The molecule has 0 spiro atoms. The van der Waals surface area contributed by atoms with Gasteiger partial charge in [-0.1, -0.05) is 12.1 Å². The van der Waals surface area contributed by atoms with E-state index in [1.165, 1.54) is 18.2 Å². The van der Waals surface area contributed by atoms with Gasteiger partial charge < -0.3 is 14.5 Å². The molecular formula is C26H23FN2O3. The van der Waals surface area contributed by atoms with Crippen molar-refractivity contribution >= 4 is 28.3 Å². The highest BCUT2D eigenvalue weighted by molar-refractivity contribution is 6.05. The van der Waals surface area contributed by atoms with E-state index in [9.17, 15) is 9.18 Å². The topological polar surface area (TPSA) is 64.4 Å². The molecule has 0 radical (unpaired) electrons. The molecular weight excluding hydrogens is 407 g/mol. The lowest BCUT2D eigenvalue weighted by Gasteiger charge is -2.13. The Kier molecular flexibility index (Phi) is 5.77. The number of nitrogens with one attached hydrogen (secondary N) is 1. The third-order valence-corrected chi connectivity index (χ3v) is 5.34. The summed E-state index contributed by atoms with van der Waals surface area (Å²) in [7, 11) is 1.59. The van der Waals surface area contributed by atoms with Crippen LogP contribution in [-0.4, -0.2) is 18.0 Å². The lowest BCUT2D eigenvalue weighted by molar-refractivity contribution is -0.111. The highest BCUT2D eigenvalue weighted by Gasteiger charge is 2.19. The standard InChI is InChI=1S/C26H23FN2O3/c1-15-9-10-28-23(11-15)29-24(30)12-16(2)20-13-21-22(18-5-7-19(27)8-6-18)14-32-26(21)17(3)25(20)31-4/h5-14H,1-4H3,(H,28,29,30)/b16-12+. The van der Waals surface area contributed by atoms with Gasteiger partial charge in [0.15, 0.2) is 0 Å². The van der Waals surface area contributed by atoms with Crippen molar-refractivity contribution in [3.63, 3.8) is 0 Å². The van der Waals surface area contributed by atoms with Gasteiger partial charge in [-0.05, 0) is 67.8 Å². The highest BCUT2D eigenvalue weighted by atomic mass is 19.1. The average molecular weight is 430 g/mol. The number of fused-ring (bicyclic) bond motifs is 1. The number of furan rings is 1. The number of rotatable bonds is 5. The fourth-order valence-electron chi connectivity index (χ4n) is 3.77. The Morgan fingerprint density at radius 3 is 2.59 bits per heavy atom. The summed E-state index contributed by atoms with van der Waals surface area (Å²) in [5.74, 6) is 0.540. The number of hydrogen-bond acceptors (Lipinski definition) is 4. The van der Waals surface area contributed by atoms with Crippen molar-refractivity contribution in [2.75, 3.05) is 12.4 Å². The number of carbonyl (C=O) groups excluding carboxylic acids is 1. The number of benzene rings is 2. The van der Waals surface area contributed by atoms with E-state index in [0.29, 0.717) is 17.2 Å². The number of hydrogen-bond donors (Lipinski definition) is 1. The number of nitrogens with zero attached hydrogens (tertiary/aromatic N) is 1. The smallest absolute Gasteiger partial charge is 0.249 e. The minimum Gasteiger partial charge on any atom is -0.496 e. The molecule has 4 rings (SSSR count). The molecule has 1 N–H and O–H groups in total. The lowest BCUT2D eigenvalue weighted by atomic mass is 9.96. The van der Waals surface area contributed by atoms with Crippen LogP contribution in [0.5, 0.6) is 5.75 Å². The number of amides is 1. The first kappa shape index (κ1) is 21.3. The summed E-state index contributed by atoms with van der Waals surface area (Å²) in [5, 5.41) is 3.65. The molecule has 0 aliphatic rings. The van der Waals surface area contributed by atoms with E-state index in [4.69, 9.17) is 9.15 Å². The first-order valence-electron chi connectivity index (χ1n) is 10.1. The number of halogens is 1. The average Bonchev–Trinajstić information content (AvgIpc) is 3.18. The van der Waals surface area contributed by atoms with Crippen molar-refractivity contribution in [2.45, 2.75) is 20.8 Å². The Morgan fingerprint density at radius 2 is 1.91 bits per heavy atom. The summed E-state index contributed by atoms with van der Waals surface area (Å²) in [6.07, 6.45) is 4.83. The number of carbonyl (C=O) groups is 1. The van der Waals surface area contributed by atoms with Gasteiger partial charge >= 0.3 is 0 Å². The number of pyridine rings is 1. The highest BCUT2D eigenvalue weighted by Crippen LogP contribution is 2.40. The van der Waals surface area contributed by atoms with Gasteiger partial charge in [-0.2, -0.15) is 0 Å². The molecule has 32 heavy (non-hydrogen) atoms. The predicted octanol–water partition coefficient (Wildman–Crippen LogP) is 6.30. The molecule has 2 aromatic heterocycles. The van der Waals surface area contributed by atoms with Gasteiger partial charge in [-0.15, -0.1) is 0 Å². The molecule has 162 valence electrons. The van der Waals surface area contributed by atoms with Gasteiger partial charge in [0.2, 0.25) is 5.91 Å². The quantitative estimate of drug-likeness (QED) is 0.377. The van der Waals surface area contributed by atoms with Crippen LogP contribution in [0.1, 0.15) is 23.6 Å². The molecule has 0 aliphatic carbocycles. The minimum absolute atomic E-state index is 0.286. The maximum atomic E-state index is 13.4. The number of ether oxygens (including phenoxy) is 1. The molecule has 0 bridgehead atoms. The largest absolute Gasteiger partial charge is 0.496 e. The van der Waals surface area contributed by atoms with Crippen LogP contribution in [0.3, 0.4) is 0 Å². The Labute approximate surface area is 185 Å². The van der Waals surface area contributed by atoms with Crippen molar-refractivity contribution in [3.05, 3.63) is 83.5 Å². The summed E-state index contributed by atoms with van der Waals surface area (Å²) in [6.45, 7) is 5.70. The maximum Gasteiger partial charge on any atom is 0.249 e. The normalized spacial score (nSPS) is 11.6. The molecule has 6 heteroatoms. The fraction of sp³-hybridized carbons (Fsp3) is 0.154. The molecule has 0 aliphatic heterocycles. The van der Waals surface area contributed by atoms with Crippen LogP contribution in [0.4, 0.5) is 10.2 Å². The third-order valence-electron chi connectivity index (χ3n) is 5.34. The van der Waals surface area contributed by atoms with Crippen LogP contribution in [0.15, 0.2) is 65.4 Å². The number of allylic oxidation sites excluding steroid dienone is 1. The van der Waals surface area contributed by atoms with Crippen molar-refractivity contribution in [2.24, 2.45) is 0 Å². The zero-order chi connectivity index (χ0) is 22.8. The van der Waals surface area contributed by atoms with Gasteiger partial charge in [-0.3, -0.25) is 4.79 Å². The first-order valence-corrected chi connectivity index (χ1v) is 10.1. The van der Waals surface area contributed by atoms with Crippen molar-refractivity contribution < 1.29 is 18.3 Å². The van der Waals surface area contributed by atoms with Gasteiger partial charge in [-0.25, -0.2) is 9.37 Å². The molecule has 0 atom stereocenters. The van der Waals surface area contributed by atoms with Crippen LogP contribution < -0.4 is 10.1 Å². The molecule has 0 unspecified atom stereocenters. The minimum atomic E-state index is -0.298. The summed E-state index contributed by atoms with van der Waals surface area (Å²) < 4.78 is 24.9. The second-order valence-electron chi connectivity index (χ2n) is 7.65. The van der Waals surface area contributed by atoms with Crippen LogP contribution in [0.25, 0.3) is 27.7 Å². The predicted molar refractivity (Wildman–Crippen MR) is 124 cm³/mol. The van der Waals surface area contributed by atoms with E-state index < -0.39 is 0 Å². The van der Waals surface area contributed by atoms with Crippen LogP contribution in [-0.2, 0) is 4.79 Å². The van der Waals surface area contributed by atoms with Gasteiger partial charge in [0.25, 0.3) is 0 Å². The maximum absolute atomic E-state index is 13.4. The van der Waals surface area contributed by atoms with Gasteiger partial charge in [0.1, 0.15) is 23.0 Å². The van der Waals surface area contributed by atoms with E-state index in [0.717, 1.165) is 38.8 Å². The van der Waals surface area contributed by atoms with Crippen LogP contribution in [0, 0.1) is 19.7 Å². The Bertz CT molecular complexity index is 1340. The third kappa shape index (κ3) is 4.12. The Hall–Kier alpha value is -3.93. The second-order valence-corrected chi connectivity index (χ2v) is 7.65. The zero-order valence-corrected chi connectivity index (χ0v) is 18.3. The van der Waals surface area contributed by atoms with Gasteiger partial charge in [0.05, 0.1) is 13.4 Å². The van der Waals surface area contributed by atoms with E-state index in [1.807, 2.05) is 32.9 Å². The van der Waals surface area contributed by atoms with Crippen molar-refractivity contribution in [3.8, 4) is 16.9 Å². The zero-order valence-electron chi connectivity index (χ0n) is 18.3. The fourth-order valence-corrected chi connectivity index (χ4v) is 3.77. The molecule has 5 nitrogen and oxygen atoms in total. The first-order chi connectivity index (χ1) is 15.4. The molecule has 2 heterocycles. The van der Waals surface area contributed by atoms with Crippen LogP contribution >= 0.6 is 0 Å². The summed E-state index contributed by atoms with van der Waals surface area (Å²) >= 11 is 0. The van der Waals surface area contributed by atoms with Crippen molar-refractivity contribution in [1.29, 1.82) is 0 Å². The number of anilines is 1. The molecule has 0 fully saturated rings. The van der Waals surface area contributed by atoms with E-state index in [2.05, 4.69) is 10.3 Å². The summed E-state index contributed by atoms with van der Waals surface area (Å²) in [6, 6.07) is 11.9. The van der Waals surface area contributed by atoms with Crippen molar-refractivity contribution in [1.82, 2.24) is 4.98 Å². The Morgan fingerprint density at radius 1 is 1.16 bits per heavy atom. The van der Waals surface area contributed by atoms with Gasteiger partial charge in [0, 0.05) is 34.3 Å². The summed E-state index contributed by atoms with van der Waals surface area (Å²) in [5.41, 5.74) is 5.69. The molecule has 2 aromatic carbocycles. The van der Waals surface area contributed by atoms with E-state index >= 15 is 0 Å². The van der Waals surface area contributed by atoms with E-state index in [-0.39, 0.29) is 11.7 Å². The monoisotopic (exact) mass is 430 g/mol. The Balaban J connectivity index is 1.76. The molecule has 4 aromatic rings. The summed E-state index contributed by atoms with van der Waals surface area (Å²) in [4.78, 5) is 16.8. The molecule has 1 amide bonds. The molecule has 0 saturated heterocycles. The number of methoxy groups -OCH3 is 1. The number of aryl methyl sites for hydroxylation is 2. The second kappa shape index (κ2) is 8.67.